The SMILES string of the molecule is CC(C)C(=O)P(#N)P. The Kier molecular flexibility index (Phi) is 3.24. The quantitative estimate of drug-likeness (QED) is 0.534. The largest absolute Gasteiger partial charge is 0.287 e. The molecule has 0 aliphatic heterocycles. The van der Waals surface area contributed by atoms with Gasteiger partial charge in [-0.1, -0.05) is 13.8 Å². The molecule has 0 radical (unpaired) electrons. The van der Waals surface area contributed by atoms with Crippen molar-refractivity contribution in [1.82, 2.24) is 0 Å². The second-order valence-electron chi connectivity index (χ2n) is 1.84. The van der Waals surface area contributed by atoms with Gasteiger partial charge in [0, 0.05) is 5.92 Å². The van der Waals surface area contributed by atoms with E-state index in [1.165, 1.54) is 0 Å². The van der Waals surface area contributed by atoms with Gasteiger partial charge in [0.05, 0.1) is 0 Å². The lowest BCUT2D eigenvalue weighted by atomic mass is 10.3. The van der Waals surface area contributed by atoms with Crippen LogP contribution in [0.1, 0.15) is 13.8 Å². The summed E-state index contributed by atoms with van der Waals surface area (Å²) in [5.41, 5.74) is -0.0648. The molecule has 0 aliphatic carbocycles. The summed E-state index contributed by atoms with van der Waals surface area (Å²) in [7, 11) is 0.689. The smallest absolute Gasteiger partial charge is 0.211 e. The minimum absolute atomic E-state index is 0.0383. The Hall–Kier alpha value is 0.110. The fraction of sp³-hybridized carbons (Fsp3) is 0.750. The first-order chi connectivity index (χ1) is 3.55. The molecule has 0 spiro atoms. The summed E-state index contributed by atoms with van der Waals surface area (Å²) in [6, 6.07) is 0. The lowest BCUT2D eigenvalue weighted by molar-refractivity contribution is -0.113. The van der Waals surface area contributed by atoms with E-state index >= 15 is 0 Å². The molecule has 0 amide bonds. The van der Waals surface area contributed by atoms with Crippen molar-refractivity contribution in [2.24, 2.45) is 5.92 Å². The summed E-state index contributed by atoms with van der Waals surface area (Å²) >= 11 is 0. The molecule has 4 heteroatoms. The average Bonchev–Trinajstić information content (AvgIpc) is 1.64. The standard InChI is InChI=1S/C4H9NOP2/c1-3(2)4(6)8(5)7/h3H,7H2,1-2H3. The molecule has 0 aromatic heterocycles. The minimum atomic E-state index is -1.42. The monoisotopic (exact) mass is 149 g/mol. The normalized spacial score (nSPS) is 11.6. The van der Waals surface area contributed by atoms with Gasteiger partial charge in [0.25, 0.3) is 0 Å². The van der Waals surface area contributed by atoms with Crippen LogP contribution < -0.4 is 0 Å². The molecule has 2 unspecified atom stereocenters. The summed E-state index contributed by atoms with van der Waals surface area (Å²) in [5, 5.41) is 8.67. The molecular weight excluding hydrogens is 140 g/mol. The van der Waals surface area contributed by atoms with Crippen molar-refractivity contribution in [3.8, 4) is 0 Å². The minimum Gasteiger partial charge on any atom is -0.287 e. The van der Waals surface area contributed by atoms with Gasteiger partial charge in [0.15, 0.2) is 0 Å². The molecule has 2 nitrogen and oxygen atoms in total. The number of nitrogens with zero attached hydrogens (tertiary/aromatic N) is 1. The topological polar surface area (TPSA) is 40.9 Å². The third-order valence-electron chi connectivity index (χ3n) is 0.720. The average molecular weight is 149 g/mol. The van der Waals surface area contributed by atoms with Gasteiger partial charge in [-0.25, -0.2) is 5.00 Å². The third-order valence-corrected chi connectivity index (χ3v) is 2.45. The van der Waals surface area contributed by atoms with Crippen LogP contribution in [-0.2, 0) is 4.79 Å². The van der Waals surface area contributed by atoms with Crippen LogP contribution >= 0.6 is 16.2 Å². The van der Waals surface area contributed by atoms with Gasteiger partial charge in [-0.15, -0.1) is 0 Å². The van der Waals surface area contributed by atoms with Gasteiger partial charge >= 0.3 is 0 Å². The number of hydrogen-bond acceptors (Lipinski definition) is 2. The van der Waals surface area contributed by atoms with Crippen LogP contribution in [0, 0.1) is 10.9 Å². The van der Waals surface area contributed by atoms with Gasteiger partial charge in [0.2, 0.25) is 5.52 Å². The van der Waals surface area contributed by atoms with Crippen LogP contribution in [0.25, 0.3) is 0 Å². The fourth-order valence-electron chi connectivity index (χ4n) is 0.265. The molecule has 8 heavy (non-hydrogen) atoms. The van der Waals surface area contributed by atoms with Crippen LogP contribution in [0.5, 0.6) is 0 Å². The Labute approximate surface area is 52.1 Å². The third kappa shape index (κ3) is 2.43. The molecule has 2 atom stereocenters. The zero-order chi connectivity index (χ0) is 6.73. The number of hydrogen-bond donors (Lipinski definition) is 0. The van der Waals surface area contributed by atoms with E-state index in [9.17, 15) is 4.79 Å². The molecule has 0 saturated heterocycles. The van der Waals surface area contributed by atoms with E-state index in [2.05, 4.69) is 8.93 Å². The van der Waals surface area contributed by atoms with E-state index in [0.29, 0.717) is 0 Å². The first-order valence-electron chi connectivity index (χ1n) is 2.33. The van der Waals surface area contributed by atoms with E-state index in [0.717, 1.165) is 0 Å². The van der Waals surface area contributed by atoms with Crippen molar-refractivity contribution in [2.75, 3.05) is 0 Å². The molecule has 0 aromatic rings. The maximum absolute atomic E-state index is 10.6. The number of carbonyl (C=O) groups is 1. The predicted octanol–water partition coefficient (Wildman–Crippen LogP) is 1.92. The highest BCUT2D eigenvalue weighted by atomic mass is 32.0. The Morgan fingerprint density at radius 3 is 2.12 bits per heavy atom. The summed E-state index contributed by atoms with van der Waals surface area (Å²) < 4.78 is 0. The Bertz CT molecular complexity index is 155. The Morgan fingerprint density at radius 1 is 1.75 bits per heavy atom. The molecule has 0 heterocycles. The Balaban J connectivity index is 3.91. The lowest BCUT2D eigenvalue weighted by Gasteiger charge is -1.94. The molecule has 0 rings (SSSR count). The van der Waals surface area contributed by atoms with Gasteiger partial charge < -0.3 is 0 Å². The lowest BCUT2D eigenvalue weighted by Crippen LogP contribution is -1.97. The maximum atomic E-state index is 10.6. The zero-order valence-corrected chi connectivity index (χ0v) is 7.01. The Morgan fingerprint density at radius 2 is 2.12 bits per heavy atom. The van der Waals surface area contributed by atoms with Gasteiger partial charge in [-0.05, 0) is 8.93 Å². The van der Waals surface area contributed by atoms with Crippen LogP contribution in [0.4, 0.5) is 0 Å². The molecule has 46 valence electrons. The molecule has 0 saturated carbocycles. The highest BCUT2D eigenvalue weighted by molar-refractivity contribution is 8.14. The molecule has 0 aromatic carbocycles. The van der Waals surface area contributed by atoms with E-state index in [1.807, 2.05) is 0 Å². The summed E-state index contributed by atoms with van der Waals surface area (Å²) in [6.07, 6.45) is 0. The summed E-state index contributed by atoms with van der Waals surface area (Å²) in [6.45, 7) is 3.55. The van der Waals surface area contributed by atoms with Crippen molar-refractivity contribution in [1.29, 1.82) is 5.00 Å². The second-order valence-corrected chi connectivity index (χ2v) is 4.43. The van der Waals surface area contributed by atoms with Crippen molar-refractivity contribution < 1.29 is 4.79 Å². The summed E-state index contributed by atoms with van der Waals surface area (Å²) in [4.78, 5) is 10.6. The highest BCUT2D eigenvalue weighted by Gasteiger charge is 2.08. The number of carbonyl (C=O) groups excluding carboxylic acids is 1. The van der Waals surface area contributed by atoms with Gasteiger partial charge in [-0.3, -0.25) is 4.79 Å². The fourth-order valence-corrected chi connectivity index (χ4v) is 1.69. The maximum Gasteiger partial charge on any atom is 0.211 e. The molecule has 0 bridgehead atoms. The first kappa shape index (κ1) is 8.11. The van der Waals surface area contributed by atoms with Crippen molar-refractivity contribution in [3.05, 3.63) is 0 Å². The van der Waals surface area contributed by atoms with Crippen LogP contribution in [-0.4, -0.2) is 5.52 Å². The van der Waals surface area contributed by atoms with Crippen LogP contribution in [0.15, 0.2) is 0 Å². The van der Waals surface area contributed by atoms with Crippen molar-refractivity contribution in [3.63, 3.8) is 0 Å². The van der Waals surface area contributed by atoms with E-state index in [4.69, 9.17) is 5.00 Å². The van der Waals surface area contributed by atoms with Gasteiger partial charge in [0.1, 0.15) is 7.25 Å². The number of rotatable bonds is 1. The van der Waals surface area contributed by atoms with E-state index < -0.39 is 7.25 Å². The van der Waals surface area contributed by atoms with Crippen LogP contribution in [0.3, 0.4) is 0 Å². The first-order valence-corrected chi connectivity index (χ1v) is 5.24. The molecule has 0 aliphatic rings. The predicted molar refractivity (Wildman–Crippen MR) is 38.2 cm³/mol. The molecular formula is C4H9NOP2. The summed E-state index contributed by atoms with van der Waals surface area (Å²) in [5.74, 6) is -0.0383. The van der Waals surface area contributed by atoms with E-state index in [1.54, 1.807) is 13.8 Å². The molecule has 0 N–H and O–H groups in total. The van der Waals surface area contributed by atoms with Crippen molar-refractivity contribution >= 4 is 21.7 Å². The highest BCUT2D eigenvalue weighted by Crippen LogP contribution is 2.31. The van der Waals surface area contributed by atoms with Crippen LogP contribution in [0.2, 0.25) is 0 Å². The van der Waals surface area contributed by atoms with Gasteiger partial charge in [-0.2, -0.15) is 0 Å². The molecule has 0 fully saturated rings. The van der Waals surface area contributed by atoms with Crippen molar-refractivity contribution in [2.45, 2.75) is 13.8 Å². The van der Waals surface area contributed by atoms with E-state index in [-0.39, 0.29) is 11.4 Å². The zero-order valence-electron chi connectivity index (χ0n) is 4.96. The second kappa shape index (κ2) is 3.20.